The van der Waals surface area contributed by atoms with E-state index in [-0.39, 0.29) is 5.56 Å². The number of thiazole rings is 1. The van der Waals surface area contributed by atoms with Gasteiger partial charge in [-0.25, -0.2) is 9.67 Å². The van der Waals surface area contributed by atoms with E-state index in [0.717, 1.165) is 61.3 Å². The van der Waals surface area contributed by atoms with Gasteiger partial charge in [0.1, 0.15) is 0 Å². The van der Waals surface area contributed by atoms with Crippen molar-refractivity contribution in [2.45, 2.75) is 44.0 Å². The van der Waals surface area contributed by atoms with E-state index in [1.807, 2.05) is 29.2 Å². The van der Waals surface area contributed by atoms with E-state index in [1.165, 1.54) is 22.7 Å². The summed E-state index contributed by atoms with van der Waals surface area (Å²) in [5, 5.41) is 5.97. The molecule has 0 bridgehead atoms. The molecule has 2 aromatic heterocycles. The molecule has 0 N–H and O–H groups in total. The molecule has 0 atom stereocenters. The molecule has 2 aliphatic heterocycles. The average Bonchev–Trinajstić information content (AvgIpc) is 3.33. The van der Waals surface area contributed by atoms with Gasteiger partial charge in [-0.1, -0.05) is 0 Å². The highest BCUT2D eigenvalue weighted by Gasteiger charge is 2.30. The number of aryl methyl sites for hydroxylation is 1. The minimum Gasteiger partial charge on any atom is -0.297 e. The molecule has 0 aromatic carbocycles. The van der Waals surface area contributed by atoms with Gasteiger partial charge in [-0.05, 0) is 24.2 Å². The molecule has 25 heavy (non-hydrogen) atoms. The SMILES string of the molecule is O=c1cc2c(nn1CC1CN(Cc3cnc(C4CC4)s3)C1)CCSC2. The molecule has 5 rings (SSSR count). The van der Waals surface area contributed by atoms with Crippen molar-refractivity contribution >= 4 is 23.1 Å². The first-order valence-corrected chi connectivity index (χ1v) is 11.1. The van der Waals surface area contributed by atoms with Gasteiger partial charge in [0.2, 0.25) is 0 Å². The van der Waals surface area contributed by atoms with Gasteiger partial charge < -0.3 is 0 Å². The molecule has 2 aromatic rings. The van der Waals surface area contributed by atoms with Crippen molar-refractivity contribution in [3.8, 4) is 0 Å². The molecule has 132 valence electrons. The van der Waals surface area contributed by atoms with Crippen LogP contribution < -0.4 is 5.56 Å². The first-order valence-electron chi connectivity index (χ1n) is 9.09. The van der Waals surface area contributed by atoms with Crippen LogP contribution in [0.25, 0.3) is 0 Å². The molecule has 5 nitrogen and oxygen atoms in total. The predicted molar refractivity (Wildman–Crippen MR) is 101 cm³/mol. The van der Waals surface area contributed by atoms with Gasteiger partial charge >= 0.3 is 0 Å². The van der Waals surface area contributed by atoms with Crippen molar-refractivity contribution in [2.75, 3.05) is 18.8 Å². The maximum Gasteiger partial charge on any atom is 0.267 e. The molecule has 1 saturated heterocycles. The van der Waals surface area contributed by atoms with Gasteiger partial charge in [0.25, 0.3) is 5.56 Å². The van der Waals surface area contributed by atoms with Crippen molar-refractivity contribution in [3.05, 3.63) is 43.8 Å². The van der Waals surface area contributed by atoms with E-state index in [4.69, 9.17) is 0 Å². The van der Waals surface area contributed by atoms with Crippen molar-refractivity contribution < 1.29 is 0 Å². The van der Waals surface area contributed by atoms with Crippen LogP contribution in [0.3, 0.4) is 0 Å². The van der Waals surface area contributed by atoms with Gasteiger partial charge in [0, 0.05) is 60.8 Å². The molecule has 1 saturated carbocycles. The molecule has 0 spiro atoms. The van der Waals surface area contributed by atoms with Crippen LogP contribution in [0.15, 0.2) is 17.1 Å². The summed E-state index contributed by atoms with van der Waals surface area (Å²) >= 11 is 3.77. The largest absolute Gasteiger partial charge is 0.297 e. The normalized spacial score (nSPS) is 21.1. The highest BCUT2D eigenvalue weighted by atomic mass is 32.2. The molecule has 3 aliphatic rings. The predicted octanol–water partition coefficient (Wildman–Crippen LogP) is 2.50. The molecule has 0 unspecified atom stereocenters. The van der Waals surface area contributed by atoms with Crippen molar-refractivity contribution in [2.24, 2.45) is 5.92 Å². The lowest BCUT2D eigenvalue weighted by Gasteiger charge is -2.39. The molecule has 2 fully saturated rings. The van der Waals surface area contributed by atoms with E-state index < -0.39 is 0 Å². The molecule has 0 amide bonds. The Balaban J connectivity index is 1.17. The number of hydrogen-bond donors (Lipinski definition) is 0. The summed E-state index contributed by atoms with van der Waals surface area (Å²) in [5.41, 5.74) is 2.34. The Labute approximate surface area is 155 Å². The Morgan fingerprint density at radius 1 is 1.28 bits per heavy atom. The second-order valence-electron chi connectivity index (χ2n) is 7.44. The second kappa shape index (κ2) is 6.52. The summed E-state index contributed by atoms with van der Waals surface area (Å²) in [7, 11) is 0. The minimum atomic E-state index is 0.0660. The summed E-state index contributed by atoms with van der Waals surface area (Å²) < 4.78 is 1.70. The van der Waals surface area contributed by atoms with Crippen molar-refractivity contribution in [3.63, 3.8) is 0 Å². The third-order valence-corrected chi connectivity index (χ3v) is 7.40. The maximum absolute atomic E-state index is 12.3. The molecule has 0 radical (unpaired) electrons. The van der Waals surface area contributed by atoms with Gasteiger partial charge in [-0.3, -0.25) is 9.69 Å². The van der Waals surface area contributed by atoms with Crippen LogP contribution in [-0.4, -0.2) is 38.5 Å². The van der Waals surface area contributed by atoms with Crippen molar-refractivity contribution in [1.82, 2.24) is 19.7 Å². The standard InChI is InChI=1S/C18H22N4OS2/c23-17-5-14-11-24-4-3-16(14)20-22(17)9-12-7-21(8-12)10-15-6-19-18(25-15)13-1-2-13/h5-6,12-13H,1-4,7-11H2. The van der Waals surface area contributed by atoms with Crippen LogP contribution in [0.5, 0.6) is 0 Å². The number of fused-ring (bicyclic) bond motifs is 1. The Hall–Kier alpha value is -1.18. The number of hydrogen-bond acceptors (Lipinski definition) is 6. The topological polar surface area (TPSA) is 51.0 Å². The number of rotatable bonds is 5. The third kappa shape index (κ3) is 3.41. The second-order valence-corrected chi connectivity index (χ2v) is 9.69. The Bertz CT molecular complexity index is 836. The number of aromatic nitrogens is 3. The van der Waals surface area contributed by atoms with Gasteiger partial charge in [-0.15, -0.1) is 11.3 Å². The smallest absolute Gasteiger partial charge is 0.267 e. The lowest BCUT2D eigenvalue weighted by molar-refractivity contribution is 0.0774. The fraction of sp³-hybridized carbons (Fsp3) is 0.611. The minimum absolute atomic E-state index is 0.0660. The molecule has 4 heterocycles. The molecular weight excluding hydrogens is 352 g/mol. The number of likely N-dealkylation sites (tertiary alicyclic amines) is 1. The maximum atomic E-state index is 12.3. The summed E-state index contributed by atoms with van der Waals surface area (Å²) in [6, 6.07) is 1.81. The van der Waals surface area contributed by atoms with Crippen LogP contribution in [-0.2, 0) is 25.3 Å². The van der Waals surface area contributed by atoms with E-state index in [9.17, 15) is 4.79 Å². The van der Waals surface area contributed by atoms with Gasteiger partial charge in [0.15, 0.2) is 0 Å². The van der Waals surface area contributed by atoms with Crippen LogP contribution in [0.4, 0.5) is 0 Å². The molecule has 1 aliphatic carbocycles. The Morgan fingerprint density at radius 2 is 2.16 bits per heavy atom. The van der Waals surface area contributed by atoms with Gasteiger partial charge in [-0.2, -0.15) is 16.9 Å². The summed E-state index contributed by atoms with van der Waals surface area (Å²) in [6.07, 6.45) is 5.69. The number of thioether (sulfide) groups is 1. The molecular formula is C18H22N4OS2. The fourth-order valence-electron chi connectivity index (χ4n) is 3.68. The Kier molecular flexibility index (Phi) is 4.18. The van der Waals surface area contributed by atoms with Crippen LogP contribution in [0.2, 0.25) is 0 Å². The first-order chi connectivity index (χ1) is 12.2. The van der Waals surface area contributed by atoms with Crippen LogP contribution in [0.1, 0.15) is 39.9 Å². The zero-order valence-electron chi connectivity index (χ0n) is 14.2. The quantitative estimate of drug-likeness (QED) is 0.805. The summed E-state index contributed by atoms with van der Waals surface area (Å²) in [4.78, 5) is 20.7. The van der Waals surface area contributed by atoms with Crippen molar-refractivity contribution in [1.29, 1.82) is 0 Å². The zero-order valence-corrected chi connectivity index (χ0v) is 15.8. The fourth-order valence-corrected chi connectivity index (χ4v) is 5.77. The average molecular weight is 375 g/mol. The Morgan fingerprint density at radius 3 is 3.00 bits per heavy atom. The zero-order chi connectivity index (χ0) is 16.8. The van der Waals surface area contributed by atoms with E-state index in [2.05, 4.69) is 21.2 Å². The lowest BCUT2D eigenvalue weighted by Crippen LogP contribution is -2.48. The van der Waals surface area contributed by atoms with Crippen LogP contribution in [0, 0.1) is 5.92 Å². The first kappa shape index (κ1) is 16.0. The highest BCUT2D eigenvalue weighted by molar-refractivity contribution is 7.98. The van der Waals surface area contributed by atoms with Crippen LogP contribution >= 0.6 is 23.1 Å². The van der Waals surface area contributed by atoms with Gasteiger partial charge in [0.05, 0.1) is 17.2 Å². The lowest BCUT2D eigenvalue weighted by atomic mass is 10.0. The van der Waals surface area contributed by atoms with E-state index in [0.29, 0.717) is 5.92 Å². The highest BCUT2D eigenvalue weighted by Crippen LogP contribution is 2.42. The van der Waals surface area contributed by atoms with E-state index >= 15 is 0 Å². The van der Waals surface area contributed by atoms with E-state index in [1.54, 1.807) is 4.68 Å². The third-order valence-electron chi connectivity index (χ3n) is 5.25. The molecule has 7 heteroatoms. The monoisotopic (exact) mass is 374 g/mol. The summed E-state index contributed by atoms with van der Waals surface area (Å²) in [5.74, 6) is 3.35. The summed E-state index contributed by atoms with van der Waals surface area (Å²) in [6.45, 7) is 3.87. The number of nitrogens with zero attached hydrogens (tertiary/aromatic N) is 4.